The molecule has 0 unspecified atom stereocenters. The highest BCUT2D eigenvalue weighted by atomic mass is 35.5. The molecule has 1 aliphatic heterocycles. The molecule has 0 bridgehead atoms. The van der Waals surface area contributed by atoms with Gasteiger partial charge in [0.2, 0.25) is 6.29 Å². The highest BCUT2D eigenvalue weighted by molar-refractivity contribution is 6.31. The Morgan fingerprint density at radius 1 is 1.25 bits per heavy atom. The summed E-state index contributed by atoms with van der Waals surface area (Å²) in [6.07, 6.45) is -5.49. The number of ether oxygens (including phenoxy) is 2. The molecule has 4 N–H and O–H groups in total. The fourth-order valence-corrected chi connectivity index (χ4v) is 3.33. The van der Waals surface area contributed by atoms with Gasteiger partial charge in [-0.05, 0) is 43.2 Å². The van der Waals surface area contributed by atoms with Crippen LogP contribution in [0, 0.1) is 12.7 Å². The molecule has 6 nitrogen and oxygen atoms in total. The molecule has 28 heavy (non-hydrogen) atoms. The van der Waals surface area contributed by atoms with Gasteiger partial charge in [0.05, 0.1) is 11.6 Å². The average Bonchev–Trinajstić information content (AvgIpc) is 2.66. The Balaban J connectivity index is 1.88. The van der Waals surface area contributed by atoms with Crippen molar-refractivity contribution in [2.24, 2.45) is 0 Å². The smallest absolute Gasteiger partial charge is 0.231 e. The van der Waals surface area contributed by atoms with Crippen molar-refractivity contribution >= 4 is 11.6 Å². The van der Waals surface area contributed by atoms with Gasteiger partial charge in [-0.1, -0.05) is 29.8 Å². The van der Waals surface area contributed by atoms with Crippen LogP contribution in [-0.2, 0) is 4.74 Å². The van der Waals surface area contributed by atoms with Gasteiger partial charge in [-0.25, -0.2) is 4.39 Å². The number of rotatable bonds is 4. The number of aliphatic hydroxyl groups is 4. The summed E-state index contributed by atoms with van der Waals surface area (Å²) in [5.41, 5.74) is -0.376. The van der Waals surface area contributed by atoms with Crippen molar-refractivity contribution in [2.45, 2.75) is 44.1 Å². The molecule has 8 heteroatoms. The first kappa shape index (κ1) is 21.0. The highest BCUT2D eigenvalue weighted by Crippen LogP contribution is 2.35. The predicted octanol–water partition coefficient (Wildman–Crippen LogP) is 2.02. The lowest BCUT2D eigenvalue weighted by Gasteiger charge is -2.45. The van der Waals surface area contributed by atoms with Crippen LogP contribution in [0.2, 0.25) is 5.02 Å². The first-order chi connectivity index (χ1) is 13.2. The topological polar surface area (TPSA) is 99.4 Å². The third-order valence-electron chi connectivity index (χ3n) is 4.93. The molecule has 2 aromatic carbocycles. The molecule has 152 valence electrons. The van der Waals surface area contributed by atoms with Gasteiger partial charge in [-0.2, -0.15) is 0 Å². The molecule has 0 amide bonds. The van der Waals surface area contributed by atoms with E-state index < -0.39 is 42.6 Å². The van der Waals surface area contributed by atoms with Gasteiger partial charge in [0, 0.05) is 5.56 Å². The van der Waals surface area contributed by atoms with Gasteiger partial charge in [0.1, 0.15) is 29.9 Å². The van der Waals surface area contributed by atoms with Crippen LogP contribution in [0.25, 0.3) is 11.1 Å². The second-order valence-corrected chi connectivity index (χ2v) is 7.46. The fourth-order valence-electron chi connectivity index (χ4n) is 3.15. The van der Waals surface area contributed by atoms with Gasteiger partial charge < -0.3 is 29.9 Å². The van der Waals surface area contributed by atoms with E-state index in [-0.39, 0.29) is 5.02 Å². The van der Waals surface area contributed by atoms with E-state index in [0.29, 0.717) is 22.4 Å². The summed E-state index contributed by atoms with van der Waals surface area (Å²) < 4.78 is 25.4. The lowest BCUT2D eigenvalue weighted by Crippen LogP contribution is -2.66. The average molecular weight is 413 g/mol. The summed E-state index contributed by atoms with van der Waals surface area (Å²) in [6.45, 7) is 2.44. The zero-order valence-corrected chi connectivity index (χ0v) is 16.1. The number of aryl methyl sites for hydroxylation is 1. The Labute approximate surface area is 166 Å². The van der Waals surface area contributed by atoms with Gasteiger partial charge >= 0.3 is 0 Å². The van der Waals surface area contributed by atoms with E-state index in [2.05, 4.69) is 0 Å². The molecule has 1 heterocycles. The minimum atomic E-state index is -1.92. The van der Waals surface area contributed by atoms with E-state index in [1.54, 1.807) is 37.3 Å². The summed E-state index contributed by atoms with van der Waals surface area (Å²) in [7, 11) is 0. The summed E-state index contributed by atoms with van der Waals surface area (Å²) in [6, 6.07) is 9.62. The van der Waals surface area contributed by atoms with Crippen LogP contribution >= 0.6 is 11.6 Å². The molecular weight excluding hydrogens is 391 g/mol. The number of hydrogen-bond acceptors (Lipinski definition) is 6. The van der Waals surface area contributed by atoms with Gasteiger partial charge in [-0.15, -0.1) is 0 Å². The first-order valence-electron chi connectivity index (χ1n) is 8.73. The van der Waals surface area contributed by atoms with Crippen LogP contribution in [-0.4, -0.2) is 57.2 Å². The number of aliphatic hydroxyl groups excluding tert-OH is 3. The monoisotopic (exact) mass is 412 g/mol. The van der Waals surface area contributed by atoms with E-state index in [9.17, 15) is 24.8 Å². The van der Waals surface area contributed by atoms with Crippen LogP contribution in [0.4, 0.5) is 4.39 Å². The summed E-state index contributed by atoms with van der Waals surface area (Å²) in [4.78, 5) is 0. The molecule has 1 aliphatic rings. The van der Waals surface area contributed by atoms with Crippen molar-refractivity contribution in [1.29, 1.82) is 0 Å². The maximum Gasteiger partial charge on any atom is 0.231 e. The van der Waals surface area contributed by atoms with E-state index in [1.165, 1.54) is 13.0 Å². The molecule has 0 radical (unpaired) electrons. The Kier molecular flexibility index (Phi) is 5.95. The fraction of sp³-hybridized carbons (Fsp3) is 0.400. The lowest BCUT2D eigenvalue weighted by atomic mass is 9.88. The maximum atomic E-state index is 14.3. The van der Waals surface area contributed by atoms with E-state index in [1.807, 2.05) is 0 Å². The minimum absolute atomic E-state index is 0.0183. The summed E-state index contributed by atoms with van der Waals surface area (Å²) >= 11 is 5.84. The molecule has 0 aromatic heterocycles. The van der Waals surface area contributed by atoms with Crippen molar-refractivity contribution in [3.8, 4) is 16.9 Å². The third kappa shape index (κ3) is 3.74. The molecule has 5 atom stereocenters. The van der Waals surface area contributed by atoms with Crippen LogP contribution in [0.15, 0.2) is 36.4 Å². The number of benzene rings is 2. The second-order valence-electron chi connectivity index (χ2n) is 7.05. The molecule has 3 rings (SSSR count). The normalized spacial score (nSPS) is 30.3. The van der Waals surface area contributed by atoms with Crippen molar-refractivity contribution in [2.75, 3.05) is 6.61 Å². The van der Waals surface area contributed by atoms with Gasteiger partial charge in [-0.3, -0.25) is 0 Å². The van der Waals surface area contributed by atoms with Crippen molar-refractivity contribution in [3.05, 3.63) is 52.8 Å². The zero-order valence-electron chi connectivity index (χ0n) is 15.3. The number of halogens is 2. The maximum absolute atomic E-state index is 14.3. The van der Waals surface area contributed by atoms with Crippen molar-refractivity contribution in [1.82, 2.24) is 0 Å². The lowest BCUT2D eigenvalue weighted by molar-refractivity contribution is -0.314. The highest BCUT2D eigenvalue weighted by Gasteiger charge is 2.53. The molecule has 2 aromatic rings. The van der Waals surface area contributed by atoms with Crippen LogP contribution in [0.3, 0.4) is 0 Å². The van der Waals surface area contributed by atoms with Crippen molar-refractivity contribution < 1.29 is 34.3 Å². The molecule has 1 fully saturated rings. The Hall–Kier alpha value is -1.74. The van der Waals surface area contributed by atoms with Gasteiger partial charge in [0.15, 0.2) is 5.60 Å². The molecule has 0 saturated carbocycles. The standard InChI is InChI=1S/C20H22ClFO6/c1-10-8-11(12-4-3-5-13(21)16(12)22)6-7-14(10)27-19-20(2,26)18(25)17(24)15(9-23)28-19/h3-8,15,17-19,23-26H,9H2,1-2H3/t15-,17-,18+,19+,20+/m1/s1. The van der Waals surface area contributed by atoms with Crippen LogP contribution in [0.1, 0.15) is 12.5 Å². The molecular formula is C20H22ClFO6. The molecule has 1 saturated heterocycles. The molecule has 0 aliphatic carbocycles. The Morgan fingerprint density at radius 3 is 2.61 bits per heavy atom. The van der Waals surface area contributed by atoms with E-state index in [0.717, 1.165) is 0 Å². The summed E-state index contributed by atoms with van der Waals surface area (Å²) in [5.74, 6) is -0.199. The second kappa shape index (κ2) is 7.94. The zero-order chi connectivity index (χ0) is 20.6. The first-order valence-corrected chi connectivity index (χ1v) is 9.11. The van der Waals surface area contributed by atoms with Gasteiger partial charge in [0.25, 0.3) is 0 Å². The minimum Gasteiger partial charge on any atom is -0.461 e. The largest absolute Gasteiger partial charge is 0.461 e. The quantitative estimate of drug-likeness (QED) is 0.613. The predicted molar refractivity (Wildman–Crippen MR) is 101 cm³/mol. The third-order valence-corrected chi connectivity index (χ3v) is 5.22. The SMILES string of the molecule is Cc1cc(-c2cccc(Cl)c2F)ccc1O[C@H]1O[C@H](CO)[C@@H](O)[C@H](O)[C@]1(C)O. The Bertz CT molecular complexity index is 859. The number of hydrogen-bond donors (Lipinski definition) is 4. The van der Waals surface area contributed by atoms with Crippen LogP contribution in [0.5, 0.6) is 5.75 Å². The van der Waals surface area contributed by atoms with Crippen molar-refractivity contribution in [3.63, 3.8) is 0 Å². The Morgan fingerprint density at radius 2 is 1.96 bits per heavy atom. The van der Waals surface area contributed by atoms with Crippen LogP contribution < -0.4 is 4.74 Å². The summed E-state index contributed by atoms with van der Waals surface area (Å²) in [5, 5.41) is 39.9. The van der Waals surface area contributed by atoms with E-state index >= 15 is 0 Å². The van der Waals surface area contributed by atoms with E-state index in [4.69, 9.17) is 21.1 Å². The molecule has 0 spiro atoms.